The number of benzene rings is 1. The summed E-state index contributed by atoms with van der Waals surface area (Å²) in [6.45, 7) is 1.92. The standard InChI is InChI=1S/C20H14N2O4/c1-13-16(14-5-2-6-15(11-14)22(23)24)12-17(18-7-3-9-25-18)21-20(13)19-8-4-10-26-19/h2-12H,1H3. The molecule has 4 rings (SSSR count). The highest BCUT2D eigenvalue weighted by Gasteiger charge is 2.17. The smallest absolute Gasteiger partial charge is 0.270 e. The molecule has 0 unspecified atom stereocenters. The number of nitro benzene ring substituents is 1. The lowest BCUT2D eigenvalue weighted by Crippen LogP contribution is -1.95. The van der Waals surface area contributed by atoms with E-state index < -0.39 is 4.92 Å². The second kappa shape index (κ2) is 6.33. The van der Waals surface area contributed by atoms with Gasteiger partial charge in [-0.3, -0.25) is 10.1 Å². The Hall–Kier alpha value is -3.67. The van der Waals surface area contributed by atoms with Crippen molar-refractivity contribution in [2.24, 2.45) is 0 Å². The molecule has 0 atom stereocenters. The Kier molecular flexibility index (Phi) is 3.85. The van der Waals surface area contributed by atoms with Gasteiger partial charge in [-0.25, -0.2) is 4.98 Å². The molecule has 0 saturated carbocycles. The van der Waals surface area contributed by atoms with E-state index in [1.807, 2.05) is 31.2 Å². The number of furan rings is 2. The summed E-state index contributed by atoms with van der Waals surface area (Å²) in [7, 11) is 0. The lowest BCUT2D eigenvalue weighted by molar-refractivity contribution is -0.384. The van der Waals surface area contributed by atoms with E-state index in [0.29, 0.717) is 22.9 Å². The normalized spacial score (nSPS) is 10.8. The zero-order valence-corrected chi connectivity index (χ0v) is 13.9. The largest absolute Gasteiger partial charge is 0.463 e. The van der Waals surface area contributed by atoms with Gasteiger partial charge in [0, 0.05) is 12.1 Å². The Morgan fingerprint density at radius 3 is 2.35 bits per heavy atom. The van der Waals surface area contributed by atoms with Crippen LogP contribution in [0, 0.1) is 17.0 Å². The van der Waals surface area contributed by atoms with E-state index in [9.17, 15) is 10.1 Å². The molecule has 0 radical (unpaired) electrons. The first-order valence-electron chi connectivity index (χ1n) is 7.98. The molecule has 4 aromatic rings. The van der Waals surface area contributed by atoms with Crippen molar-refractivity contribution >= 4 is 5.69 Å². The van der Waals surface area contributed by atoms with Gasteiger partial charge in [0.25, 0.3) is 5.69 Å². The summed E-state index contributed by atoms with van der Waals surface area (Å²) in [6.07, 6.45) is 3.17. The van der Waals surface area contributed by atoms with Crippen LogP contribution in [0.4, 0.5) is 5.69 Å². The van der Waals surface area contributed by atoms with Crippen LogP contribution >= 0.6 is 0 Å². The highest BCUT2D eigenvalue weighted by atomic mass is 16.6. The molecule has 0 amide bonds. The molecule has 3 heterocycles. The molecule has 0 fully saturated rings. The summed E-state index contributed by atoms with van der Waals surface area (Å²) < 4.78 is 11.0. The fourth-order valence-electron chi connectivity index (χ4n) is 2.90. The van der Waals surface area contributed by atoms with Crippen molar-refractivity contribution in [2.45, 2.75) is 6.92 Å². The maximum Gasteiger partial charge on any atom is 0.270 e. The van der Waals surface area contributed by atoms with E-state index in [1.54, 1.807) is 36.8 Å². The molecule has 0 aliphatic rings. The van der Waals surface area contributed by atoms with Gasteiger partial charge in [-0.05, 0) is 53.9 Å². The fourth-order valence-corrected chi connectivity index (χ4v) is 2.90. The average Bonchev–Trinajstić information content (AvgIpc) is 3.36. The third kappa shape index (κ3) is 2.77. The van der Waals surface area contributed by atoms with Crippen LogP contribution in [-0.2, 0) is 0 Å². The van der Waals surface area contributed by atoms with Crippen molar-refractivity contribution in [1.82, 2.24) is 4.98 Å². The van der Waals surface area contributed by atoms with Gasteiger partial charge in [-0.2, -0.15) is 0 Å². The van der Waals surface area contributed by atoms with E-state index in [4.69, 9.17) is 8.83 Å². The van der Waals surface area contributed by atoms with Crippen molar-refractivity contribution in [3.8, 4) is 34.0 Å². The minimum Gasteiger partial charge on any atom is -0.463 e. The van der Waals surface area contributed by atoms with E-state index in [1.165, 1.54) is 6.07 Å². The Morgan fingerprint density at radius 2 is 1.69 bits per heavy atom. The first-order valence-corrected chi connectivity index (χ1v) is 7.98. The summed E-state index contributed by atoms with van der Waals surface area (Å²) in [5, 5.41) is 11.1. The van der Waals surface area contributed by atoms with Crippen molar-refractivity contribution in [2.75, 3.05) is 0 Å². The van der Waals surface area contributed by atoms with Gasteiger partial charge in [-0.15, -0.1) is 0 Å². The van der Waals surface area contributed by atoms with Gasteiger partial charge < -0.3 is 8.83 Å². The SMILES string of the molecule is Cc1c(-c2cccc([N+](=O)[O-])c2)cc(-c2ccco2)nc1-c1ccco1. The molecule has 6 nitrogen and oxygen atoms in total. The molecule has 128 valence electrons. The van der Waals surface area contributed by atoms with Gasteiger partial charge in [-0.1, -0.05) is 12.1 Å². The topological polar surface area (TPSA) is 82.3 Å². The maximum absolute atomic E-state index is 11.1. The molecule has 0 bridgehead atoms. The number of aromatic nitrogens is 1. The molecule has 26 heavy (non-hydrogen) atoms. The number of nitrogens with zero attached hydrogens (tertiary/aromatic N) is 2. The number of pyridine rings is 1. The molecule has 0 saturated heterocycles. The molecule has 0 aliphatic carbocycles. The van der Waals surface area contributed by atoms with Crippen LogP contribution in [0.5, 0.6) is 0 Å². The zero-order valence-electron chi connectivity index (χ0n) is 13.9. The maximum atomic E-state index is 11.1. The summed E-state index contributed by atoms with van der Waals surface area (Å²) in [6, 6.07) is 15.7. The average molecular weight is 346 g/mol. The zero-order chi connectivity index (χ0) is 18.1. The van der Waals surface area contributed by atoms with Crippen molar-refractivity contribution in [1.29, 1.82) is 0 Å². The first-order chi connectivity index (χ1) is 12.6. The quantitative estimate of drug-likeness (QED) is 0.361. The Balaban J connectivity index is 1.96. The third-order valence-corrected chi connectivity index (χ3v) is 4.17. The van der Waals surface area contributed by atoms with E-state index >= 15 is 0 Å². The van der Waals surface area contributed by atoms with Crippen molar-refractivity contribution < 1.29 is 13.8 Å². The number of rotatable bonds is 4. The predicted molar refractivity (Wildman–Crippen MR) is 96.5 cm³/mol. The van der Waals surface area contributed by atoms with Crippen LogP contribution in [0.2, 0.25) is 0 Å². The fraction of sp³-hybridized carbons (Fsp3) is 0.0500. The van der Waals surface area contributed by atoms with Crippen LogP contribution in [0.15, 0.2) is 76.0 Å². The van der Waals surface area contributed by atoms with Crippen LogP contribution in [0.3, 0.4) is 0 Å². The van der Waals surface area contributed by atoms with E-state index in [-0.39, 0.29) is 5.69 Å². The monoisotopic (exact) mass is 346 g/mol. The highest BCUT2D eigenvalue weighted by Crippen LogP contribution is 2.35. The summed E-state index contributed by atoms with van der Waals surface area (Å²) in [4.78, 5) is 15.4. The first kappa shape index (κ1) is 15.8. The molecule has 0 aliphatic heterocycles. The molecule has 0 spiro atoms. The third-order valence-electron chi connectivity index (χ3n) is 4.17. The number of nitro groups is 1. The van der Waals surface area contributed by atoms with Crippen molar-refractivity contribution in [3.63, 3.8) is 0 Å². The number of hydrogen-bond donors (Lipinski definition) is 0. The van der Waals surface area contributed by atoms with Gasteiger partial charge in [0.2, 0.25) is 0 Å². The van der Waals surface area contributed by atoms with Crippen LogP contribution in [0.25, 0.3) is 34.0 Å². The van der Waals surface area contributed by atoms with Crippen LogP contribution in [-0.4, -0.2) is 9.91 Å². The second-order valence-electron chi connectivity index (χ2n) is 5.79. The molecular weight excluding hydrogens is 332 g/mol. The highest BCUT2D eigenvalue weighted by molar-refractivity contribution is 5.79. The Bertz CT molecular complexity index is 1070. The Labute approximate surface area is 148 Å². The number of hydrogen-bond acceptors (Lipinski definition) is 5. The lowest BCUT2D eigenvalue weighted by Gasteiger charge is -2.12. The van der Waals surface area contributed by atoms with Gasteiger partial charge in [0.1, 0.15) is 11.4 Å². The molecular formula is C20H14N2O4. The number of non-ortho nitro benzene ring substituents is 1. The van der Waals surface area contributed by atoms with E-state index in [0.717, 1.165) is 16.7 Å². The van der Waals surface area contributed by atoms with Gasteiger partial charge >= 0.3 is 0 Å². The molecule has 1 aromatic carbocycles. The van der Waals surface area contributed by atoms with Gasteiger partial charge in [0.05, 0.1) is 17.4 Å². The lowest BCUT2D eigenvalue weighted by atomic mass is 9.97. The predicted octanol–water partition coefficient (Wildman–Crippen LogP) is 5.49. The second-order valence-corrected chi connectivity index (χ2v) is 5.79. The van der Waals surface area contributed by atoms with Crippen LogP contribution in [0.1, 0.15) is 5.56 Å². The molecule has 6 heteroatoms. The van der Waals surface area contributed by atoms with Gasteiger partial charge in [0.15, 0.2) is 11.5 Å². The van der Waals surface area contributed by atoms with Crippen molar-refractivity contribution in [3.05, 3.63) is 82.8 Å². The molecule has 0 N–H and O–H groups in total. The van der Waals surface area contributed by atoms with E-state index in [2.05, 4.69) is 4.98 Å². The summed E-state index contributed by atoms with van der Waals surface area (Å²) in [5.74, 6) is 1.24. The molecule has 3 aromatic heterocycles. The summed E-state index contributed by atoms with van der Waals surface area (Å²) in [5.41, 5.74) is 3.79. The minimum absolute atomic E-state index is 0.0396. The van der Waals surface area contributed by atoms with Crippen LogP contribution < -0.4 is 0 Å². The summed E-state index contributed by atoms with van der Waals surface area (Å²) >= 11 is 0. The Morgan fingerprint density at radius 1 is 0.962 bits per heavy atom. The minimum atomic E-state index is -0.402.